The minimum atomic E-state index is 0.230. The predicted octanol–water partition coefficient (Wildman–Crippen LogP) is 3.02. The van der Waals surface area contributed by atoms with Gasteiger partial charge in [-0.3, -0.25) is 0 Å². The Kier molecular flexibility index (Phi) is 2.67. The molecule has 1 fully saturated rings. The molecule has 1 aromatic rings. The highest BCUT2D eigenvalue weighted by Gasteiger charge is 2.38. The summed E-state index contributed by atoms with van der Waals surface area (Å²) in [6.45, 7) is 2.01. The average Bonchev–Trinajstić information content (AvgIpc) is 2.98. The van der Waals surface area contributed by atoms with Crippen LogP contribution in [0.1, 0.15) is 31.2 Å². The van der Waals surface area contributed by atoms with E-state index in [2.05, 4.69) is 30.3 Å². The lowest BCUT2D eigenvalue weighted by Gasteiger charge is -2.02. The highest BCUT2D eigenvalue weighted by Crippen LogP contribution is 2.50. The molecule has 1 nitrogen and oxygen atoms in total. The van der Waals surface area contributed by atoms with Crippen LogP contribution in [0.5, 0.6) is 0 Å². The zero-order chi connectivity index (χ0) is 9.97. The molecule has 0 N–H and O–H groups in total. The maximum atomic E-state index is 10.5. The largest absolute Gasteiger partial charge is 0.303 e. The van der Waals surface area contributed by atoms with Crippen molar-refractivity contribution in [1.29, 1.82) is 0 Å². The van der Waals surface area contributed by atoms with Crippen molar-refractivity contribution in [2.24, 2.45) is 11.8 Å². The summed E-state index contributed by atoms with van der Waals surface area (Å²) >= 11 is 0. The number of hydrogen-bond acceptors (Lipinski definition) is 1. The molecule has 14 heavy (non-hydrogen) atoms. The van der Waals surface area contributed by atoms with Crippen molar-refractivity contribution in [3.63, 3.8) is 0 Å². The quantitative estimate of drug-likeness (QED) is 0.664. The van der Waals surface area contributed by atoms with Gasteiger partial charge in [0.1, 0.15) is 6.29 Å². The minimum absolute atomic E-state index is 0.230. The van der Waals surface area contributed by atoms with Crippen LogP contribution in [-0.2, 0) is 4.79 Å². The monoisotopic (exact) mass is 188 g/mol. The zero-order valence-corrected chi connectivity index (χ0v) is 8.52. The second-order valence-corrected chi connectivity index (χ2v) is 4.36. The number of benzene rings is 1. The second-order valence-electron chi connectivity index (χ2n) is 4.36. The van der Waals surface area contributed by atoms with Crippen LogP contribution in [0.3, 0.4) is 0 Å². The van der Waals surface area contributed by atoms with Gasteiger partial charge >= 0.3 is 0 Å². The van der Waals surface area contributed by atoms with Crippen LogP contribution >= 0.6 is 0 Å². The number of carbonyl (C=O) groups is 1. The molecule has 3 atom stereocenters. The van der Waals surface area contributed by atoms with Gasteiger partial charge in [0.25, 0.3) is 0 Å². The number of aldehydes is 1. The van der Waals surface area contributed by atoms with E-state index in [1.165, 1.54) is 12.0 Å². The Morgan fingerprint density at radius 1 is 1.43 bits per heavy atom. The molecule has 0 heterocycles. The van der Waals surface area contributed by atoms with Gasteiger partial charge in [0.15, 0.2) is 0 Å². The van der Waals surface area contributed by atoms with Gasteiger partial charge in [0.2, 0.25) is 0 Å². The maximum Gasteiger partial charge on any atom is 0.122 e. The van der Waals surface area contributed by atoms with E-state index in [0.717, 1.165) is 24.5 Å². The first-order valence-corrected chi connectivity index (χ1v) is 5.31. The summed E-state index contributed by atoms with van der Waals surface area (Å²) in [7, 11) is 0. The topological polar surface area (TPSA) is 17.1 Å². The first-order chi connectivity index (χ1) is 6.81. The summed E-state index contributed by atoms with van der Waals surface area (Å²) < 4.78 is 0. The van der Waals surface area contributed by atoms with Crippen molar-refractivity contribution in [2.75, 3.05) is 0 Å². The molecular formula is C13H16O. The highest BCUT2D eigenvalue weighted by molar-refractivity contribution is 5.52. The van der Waals surface area contributed by atoms with E-state index in [1.807, 2.05) is 6.92 Å². The lowest BCUT2D eigenvalue weighted by molar-refractivity contribution is -0.110. The molecule has 0 radical (unpaired) electrons. The van der Waals surface area contributed by atoms with Crippen molar-refractivity contribution in [1.82, 2.24) is 0 Å². The Bertz CT molecular complexity index is 304. The van der Waals surface area contributed by atoms with Crippen LogP contribution in [0, 0.1) is 11.8 Å². The standard InChI is InChI=1S/C13H16O/c1-10(9-14)7-12-8-13(12)11-5-3-2-4-6-11/h2-6,9-10,12-13H,7-8H2,1H3. The van der Waals surface area contributed by atoms with Crippen LogP contribution in [0.15, 0.2) is 30.3 Å². The van der Waals surface area contributed by atoms with Gasteiger partial charge in [-0.15, -0.1) is 0 Å². The lowest BCUT2D eigenvalue weighted by Crippen LogP contribution is -1.97. The van der Waals surface area contributed by atoms with E-state index >= 15 is 0 Å². The molecule has 0 saturated heterocycles. The molecule has 0 spiro atoms. The van der Waals surface area contributed by atoms with E-state index in [0.29, 0.717) is 0 Å². The fourth-order valence-corrected chi connectivity index (χ4v) is 2.15. The summed E-state index contributed by atoms with van der Waals surface area (Å²) in [5.74, 6) is 1.70. The summed E-state index contributed by atoms with van der Waals surface area (Å²) in [5.41, 5.74) is 1.44. The Labute approximate surface area is 85.1 Å². The third-order valence-corrected chi connectivity index (χ3v) is 3.06. The van der Waals surface area contributed by atoms with Crippen molar-refractivity contribution in [3.8, 4) is 0 Å². The van der Waals surface area contributed by atoms with Gasteiger partial charge in [-0.25, -0.2) is 0 Å². The van der Waals surface area contributed by atoms with Crippen molar-refractivity contribution in [3.05, 3.63) is 35.9 Å². The van der Waals surface area contributed by atoms with Crippen LogP contribution in [0.25, 0.3) is 0 Å². The van der Waals surface area contributed by atoms with Crippen LogP contribution < -0.4 is 0 Å². The fourth-order valence-electron chi connectivity index (χ4n) is 2.15. The summed E-state index contributed by atoms with van der Waals surface area (Å²) in [6.07, 6.45) is 3.39. The summed E-state index contributed by atoms with van der Waals surface area (Å²) in [5, 5.41) is 0. The third-order valence-electron chi connectivity index (χ3n) is 3.06. The van der Waals surface area contributed by atoms with E-state index in [4.69, 9.17) is 0 Å². The second kappa shape index (κ2) is 3.95. The molecule has 74 valence electrons. The Morgan fingerprint density at radius 3 is 2.79 bits per heavy atom. The van der Waals surface area contributed by atoms with Gasteiger partial charge in [-0.05, 0) is 30.2 Å². The van der Waals surface area contributed by atoms with Gasteiger partial charge in [0, 0.05) is 5.92 Å². The first kappa shape index (κ1) is 9.45. The van der Waals surface area contributed by atoms with Gasteiger partial charge in [0.05, 0.1) is 0 Å². The maximum absolute atomic E-state index is 10.5. The SMILES string of the molecule is CC(C=O)CC1CC1c1ccccc1. The first-order valence-electron chi connectivity index (χ1n) is 5.31. The van der Waals surface area contributed by atoms with Crippen LogP contribution in [-0.4, -0.2) is 6.29 Å². The predicted molar refractivity (Wildman–Crippen MR) is 57.1 cm³/mol. The molecular weight excluding hydrogens is 172 g/mol. The summed E-state index contributed by atoms with van der Waals surface area (Å²) in [6, 6.07) is 10.6. The molecule has 0 aliphatic heterocycles. The average molecular weight is 188 g/mol. The molecule has 3 unspecified atom stereocenters. The van der Waals surface area contributed by atoms with E-state index in [-0.39, 0.29) is 5.92 Å². The molecule has 0 bridgehead atoms. The minimum Gasteiger partial charge on any atom is -0.303 e. The van der Waals surface area contributed by atoms with Crippen molar-refractivity contribution >= 4 is 6.29 Å². The fraction of sp³-hybridized carbons (Fsp3) is 0.462. The molecule has 1 aromatic carbocycles. The lowest BCUT2D eigenvalue weighted by atomic mass is 10.0. The summed E-state index contributed by atoms with van der Waals surface area (Å²) in [4.78, 5) is 10.5. The van der Waals surface area contributed by atoms with E-state index in [1.54, 1.807) is 0 Å². The number of carbonyl (C=O) groups excluding carboxylic acids is 1. The van der Waals surface area contributed by atoms with Gasteiger partial charge in [-0.2, -0.15) is 0 Å². The molecule has 1 heteroatoms. The number of rotatable bonds is 4. The zero-order valence-electron chi connectivity index (χ0n) is 8.52. The van der Waals surface area contributed by atoms with E-state index < -0.39 is 0 Å². The van der Waals surface area contributed by atoms with Crippen LogP contribution in [0.2, 0.25) is 0 Å². The molecule has 1 aliphatic rings. The smallest absolute Gasteiger partial charge is 0.122 e. The molecule has 1 saturated carbocycles. The third kappa shape index (κ3) is 2.03. The molecule has 0 amide bonds. The van der Waals surface area contributed by atoms with E-state index in [9.17, 15) is 4.79 Å². The van der Waals surface area contributed by atoms with Gasteiger partial charge < -0.3 is 4.79 Å². The van der Waals surface area contributed by atoms with Crippen LogP contribution in [0.4, 0.5) is 0 Å². The van der Waals surface area contributed by atoms with Gasteiger partial charge in [-0.1, -0.05) is 37.3 Å². The number of hydrogen-bond donors (Lipinski definition) is 0. The van der Waals surface area contributed by atoms with Crippen molar-refractivity contribution < 1.29 is 4.79 Å². The van der Waals surface area contributed by atoms with Crippen molar-refractivity contribution in [2.45, 2.75) is 25.7 Å². The molecule has 1 aliphatic carbocycles. The normalized spacial score (nSPS) is 26.9. The Hall–Kier alpha value is -1.11. The Balaban J connectivity index is 1.90. The highest BCUT2D eigenvalue weighted by atomic mass is 16.1. The molecule has 2 rings (SSSR count). The molecule has 0 aromatic heterocycles. The Morgan fingerprint density at radius 2 is 2.14 bits per heavy atom.